The molecule has 1 aliphatic heterocycles. The van der Waals surface area contributed by atoms with Crippen molar-refractivity contribution in [1.82, 2.24) is 4.90 Å². The van der Waals surface area contributed by atoms with E-state index in [9.17, 15) is 4.79 Å². The van der Waals surface area contributed by atoms with Crippen LogP contribution in [0.5, 0.6) is 0 Å². The van der Waals surface area contributed by atoms with Crippen molar-refractivity contribution in [3.8, 4) is 0 Å². The fraction of sp³-hybridized carbons (Fsp3) is 0.929. The van der Waals surface area contributed by atoms with Gasteiger partial charge in [-0.2, -0.15) is 0 Å². The van der Waals surface area contributed by atoms with Crippen molar-refractivity contribution in [2.24, 2.45) is 5.92 Å². The van der Waals surface area contributed by atoms with Gasteiger partial charge < -0.3 is 9.47 Å². The molecule has 0 aromatic heterocycles. The quantitative estimate of drug-likeness (QED) is 0.655. The van der Waals surface area contributed by atoms with Crippen LogP contribution in [0, 0.1) is 5.92 Å². The summed E-state index contributed by atoms with van der Waals surface area (Å²) in [5, 5.41) is 0. The van der Waals surface area contributed by atoms with Crippen LogP contribution in [0.15, 0.2) is 0 Å². The number of likely N-dealkylation sites (N-methyl/N-ethyl adjacent to an activating group) is 1. The first kappa shape index (κ1) is 15.4. The van der Waals surface area contributed by atoms with Gasteiger partial charge in [0.15, 0.2) is 0 Å². The van der Waals surface area contributed by atoms with Crippen molar-refractivity contribution in [3.63, 3.8) is 0 Å². The van der Waals surface area contributed by atoms with Crippen LogP contribution in [-0.2, 0) is 14.3 Å². The summed E-state index contributed by atoms with van der Waals surface area (Å²) in [5.74, 6) is 0.469. The number of carbonyl (C=O) groups is 1. The SMILES string of the molecule is CCCC(C(=O)OCC)N(C)CC1CCCOC1. The van der Waals surface area contributed by atoms with E-state index in [0.29, 0.717) is 12.5 Å². The zero-order chi connectivity index (χ0) is 13.4. The molecule has 1 fully saturated rings. The maximum Gasteiger partial charge on any atom is 0.323 e. The molecule has 0 spiro atoms. The summed E-state index contributed by atoms with van der Waals surface area (Å²) in [6.07, 6.45) is 4.19. The average Bonchev–Trinajstić information content (AvgIpc) is 2.37. The summed E-state index contributed by atoms with van der Waals surface area (Å²) < 4.78 is 10.6. The minimum Gasteiger partial charge on any atom is -0.465 e. The molecule has 0 aromatic carbocycles. The normalized spacial score (nSPS) is 21.9. The lowest BCUT2D eigenvalue weighted by Gasteiger charge is -2.31. The third-order valence-corrected chi connectivity index (χ3v) is 3.45. The van der Waals surface area contributed by atoms with E-state index < -0.39 is 0 Å². The minimum atomic E-state index is -0.100. The van der Waals surface area contributed by atoms with Crippen LogP contribution in [0.2, 0.25) is 0 Å². The van der Waals surface area contributed by atoms with Gasteiger partial charge in [0.1, 0.15) is 6.04 Å². The highest BCUT2D eigenvalue weighted by Gasteiger charge is 2.26. The van der Waals surface area contributed by atoms with Crippen molar-refractivity contribution in [2.75, 3.05) is 33.4 Å². The topological polar surface area (TPSA) is 38.8 Å². The van der Waals surface area contributed by atoms with Gasteiger partial charge >= 0.3 is 5.97 Å². The monoisotopic (exact) mass is 257 g/mol. The van der Waals surface area contributed by atoms with Crippen LogP contribution in [0.25, 0.3) is 0 Å². The van der Waals surface area contributed by atoms with Crippen molar-refractivity contribution in [2.45, 2.75) is 45.6 Å². The zero-order valence-electron chi connectivity index (χ0n) is 12.0. The van der Waals surface area contributed by atoms with E-state index in [4.69, 9.17) is 9.47 Å². The Hall–Kier alpha value is -0.610. The van der Waals surface area contributed by atoms with Gasteiger partial charge in [0.2, 0.25) is 0 Å². The maximum absolute atomic E-state index is 11.9. The van der Waals surface area contributed by atoms with Crippen LogP contribution >= 0.6 is 0 Å². The van der Waals surface area contributed by atoms with Crippen LogP contribution in [0.3, 0.4) is 0 Å². The number of carbonyl (C=O) groups excluding carboxylic acids is 1. The molecule has 4 nitrogen and oxygen atoms in total. The molecule has 0 aliphatic carbocycles. The fourth-order valence-electron chi connectivity index (χ4n) is 2.52. The van der Waals surface area contributed by atoms with E-state index in [2.05, 4.69) is 11.8 Å². The molecule has 0 aromatic rings. The molecular formula is C14H27NO3. The summed E-state index contributed by atoms with van der Waals surface area (Å²) in [5.41, 5.74) is 0. The van der Waals surface area contributed by atoms with Gasteiger partial charge in [-0.1, -0.05) is 13.3 Å². The molecule has 106 valence electrons. The van der Waals surface area contributed by atoms with E-state index in [1.165, 1.54) is 6.42 Å². The Balaban J connectivity index is 2.46. The van der Waals surface area contributed by atoms with Crippen LogP contribution in [0.1, 0.15) is 39.5 Å². The first-order valence-electron chi connectivity index (χ1n) is 7.13. The van der Waals surface area contributed by atoms with Crippen LogP contribution < -0.4 is 0 Å². The second-order valence-corrected chi connectivity index (χ2v) is 5.08. The van der Waals surface area contributed by atoms with Crippen LogP contribution in [-0.4, -0.2) is 50.3 Å². The van der Waals surface area contributed by atoms with Gasteiger partial charge in [0.25, 0.3) is 0 Å². The van der Waals surface area contributed by atoms with E-state index in [1.54, 1.807) is 0 Å². The molecule has 1 rings (SSSR count). The van der Waals surface area contributed by atoms with Gasteiger partial charge in [-0.15, -0.1) is 0 Å². The van der Waals surface area contributed by atoms with Gasteiger partial charge in [-0.05, 0) is 39.2 Å². The second-order valence-electron chi connectivity index (χ2n) is 5.08. The second kappa shape index (κ2) is 8.48. The highest BCUT2D eigenvalue weighted by Crippen LogP contribution is 2.17. The van der Waals surface area contributed by atoms with E-state index in [1.807, 2.05) is 14.0 Å². The third-order valence-electron chi connectivity index (χ3n) is 3.45. The zero-order valence-corrected chi connectivity index (χ0v) is 12.0. The molecule has 2 unspecified atom stereocenters. The Labute approximate surface area is 111 Å². The van der Waals surface area contributed by atoms with E-state index in [0.717, 1.165) is 39.0 Å². The highest BCUT2D eigenvalue weighted by molar-refractivity contribution is 5.75. The van der Waals surface area contributed by atoms with Gasteiger partial charge in [0.05, 0.1) is 13.2 Å². The van der Waals surface area contributed by atoms with Crippen molar-refractivity contribution >= 4 is 5.97 Å². The summed E-state index contributed by atoms with van der Waals surface area (Å²) in [7, 11) is 2.02. The van der Waals surface area contributed by atoms with Crippen molar-refractivity contribution in [1.29, 1.82) is 0 Å². The lowest BCUT2D eigenvalue weighted by molar-refractivity contribution is -0.149. The number of ether oxygens (including phenoxy) is 2. The number of esters is 1. The molecule has 4 heteroatoms. The van der Waals surface area contributed by atoms with Crippen LogP contribution in [0.4, 0.5) is 0 Å². The molecule has 1 heterocycles. The smallest absolute Gasteiger partial charge is 0.323 e. The molecule has 0 saturated carbocycles. The summed E-state index contributed by atoms with van der Waals surface area (Å²) >= 11 is 0. The molecule has 2 atom stereocenters. The molecule has 0 amide bonds. The molecule has 0 N–H and O–H groups in total. The first-order valence-corrected chi connectivity index (χ1v) is 7.13. The Morgan fingerprint density at radius 2 is 2.28 bits per heavy atom. The highest BCUT2D eigenvalue weighted by atomic mass is 16.5. The molecule has 18 heavy (non-hydrogen) atoms. The average molecular weight is 257 g/mol. The molecular weight excluding hydrogens is 230 g/mol. The van der Waals surface area contributed by atoms with E-state index in [-0.39, 0.29) is 12.0 Å². The van der Waals surface area contributed by atoms with Gasteiger partial charge in [-0.3, -0.25) is 9.69 Å². The molecule has 1 aliphatic rings. The maximum atomic E-state index is 11.9. The number of hydrogen-bond acceptors (Lipinski definition) is 4. The Morgan fingerprint density at radius 3 is 2.83 bits per heavy atom. The first-order chi connectivity index (χ1) is 8.69. The van der Waals surface area contributed by atoms with Gasteiger partial charge in [0, 0.05) is 13.2 Å². The summed E-state index contributed by atoms with van der Waals surface area (Å²) in [4.78, 5) is 14.1. The minimum absolute atomic E-state index is 0.0847. The number of hydrogen-bond donors (Lipinski definition) is 0. The number of nitrogens with zero attached hydrogens (tertiary/aromatic N) is 1. The lowest BCUT2D eigenvalue weighted by atomic mass is 10.0. The molecule has 1 saturated heterocycles. The lowest BCUT2D eigenvalue weighted by Crippen LogP contribution is -2.43. The largest absolute Gasteiger partial charge is 0.465 e. The standard InChI is InChI=1S/C14H27NO3/c1-4-7-13(14(16)18-5-2)15(3)10-12-8-6-9-17-11-12/h12-13H,4-11H2,1-3H3. The Morgan fingerprint density at radius 1 is 1.50 bits per heavy atom. The predicted octanol–water partition coefficient (Wildman–Crippen LogP) is 2.08. The van der Waals surface area contributed by atoms with Crippen molar-refractivity contribution in [3.05, 3.63) is 0 Å². The van der Waals surface area contributed by atoms with Gasteiger partial charge in [-0.25, -0.2) is 0 Å². The van der Waals surface area contributed by atoms with Crippen molar-refractivity contribution < 1.29 is 14.3 Å². The molecule has 0 radical (unpaired) electrons. The molecule has 0 bridgehead atoms. The summed E-state index contributed by atoms with van der Waals surface area (Å²) in [6, 6.07) is -0.100. The Bertz CT molecular complexity index is 239. The predicted molar refractivity (Wildman–Crippen MR) is 71.5 cm³/mol. The number of rotatable bonds is 7. The fourth-order valence-corrected chi connectivity index (χ4v) is 2.52. The Kier molecular flexibility index (Phi) is 7.28. The summed E-state index contributed by atoms with van der Waals surface area (Å²) in [6.45, 7) is 7.05. The van der Waals surface area contributed by atoms with E-state index >= 15 is 0 Å². The third kappa shape index (κ3) is 4.94.